The highest BCUT2D eigenvalue weighted by atomic mass is 35.5. The van der Waals surface area contributed by atoms with Gasteiger partial charge in [0.1, 0.15) is 0 Å². The van der Waals surface area contributed by atoms with Crippen molar-refractivity contribution in [3.05, 3.63) is 107 Å². The molecule has 0 aromatic heterocycles. The molecule has 0 aliphatic carbocycles. The minimum absolute atomic E-state index is 0.0646. The normalized spacial score (nSPS) is 11.6. The number of amides is 1. The molecule has 148 valence electrons. The summed E-state index contributed by atoms with van der Waals surface area (Å²) in [7, 11) is 0. The van der Waals surface area contributed by atoms with E-state index in [9.17, 15) is 9.59 Å². The number of carbonyl (C=O) groups is 2. The van der Waals surface area contributed by atoms with Crippen LogP contribution in [0.5, 0.6) is 0 Å². The first-order valence-corrected chi connectivity index (χ1v) is 9.87. The lowest BCUT2D eigenvalue weighted by Crippen LogP contribution is -2.45. The lowest BCUT2D eigenvalue weighted by molar-refractivity contribution is -0.123. The van der Waals surface area contributed by atoms with Crippen LogP contribution in [0.25, 0.3) is 0 Å². The molecule has 1 amide bonds. The van der Waals surface area contributed by atoms with Crippen molar-refractivity contribution in [2.24, 2.45) is 0 Å². The Hall–Kier alpha value is -2.95. The van der Waals surface area contributed by atoms with Crippen molar-refractivity contribution in [3.63, 3.8) is 0 Å². The second-order valence-electron chi connectivity index (χ2n) is 6.76. The zero-order valence-electron chi connectivity index (χ0n) is 16.0. The first-order chi connectivity index (χ1) is 14.1. The van der Waals surface area contributed by atoms with E-state index >= 15 is 0 Å². The zero-order chi connectivity index (χ0) is 20.5. The van der Waals surface area contributed by atoms with Crippen LogP contribution in [-0.2, 0) is 17.9 Å². The molecule has 2 N–H and O–H groups in total. The van der Waals surface area contributed by atoms with Crippen LogP contribution in [0.2, 0.25) is 5.02 Å². The van der Waals surface area contributed by atoms with Crippen molar-refractivity contribution < 1.29 is 9.59 Å². The van der Waals surface area contributed by atoms with Crippen LogP contribution in [0.1, 0.15) is 27.9 Å². The van der Waals surface area contributed by atoms with E-state index in [4.69, 9.17) is 11.6 Å². The monoisotopic (exact) mass is 406 g/mol. The van der Waals surface area contributed by atoms with Crippen LogP contribution in [0.3, 0.4) is 0 Å². The van der Waals surface area contributed by atoms with E-state index in [1.807, 2.05) is 60.7 Å². The van der Waals surface area contributed by atoms with Gasteiger partial charge in [-0.3, -0.25) is 9.59 Å². The predicted molar refractivity (Wildman–Crippen MR) is 116 cm³/mol. The third kappa shape index (κ3) is 6.56. The number of rotatable bonds is 9. The molecule has 0 saturated heterocycles. The third-order valence-electron chi connectivity index (χ3n) is 4.58. The molecule has 0 fully saturated rings. The van der Waals surface area contributed by atoms with Crippen molar-refractivity contribution in [2.75, 3.05) is 0 Å². The van der Waals surface area contributed by atoms with E-state index in [-0.39, 0.29) is 18.1 Å². The average molecular weight is 407 g/mol. The number of hydrogen-bond donors (Lipinski definition) is 2. The quantitative estimate of drug-likeness (QED) is 0.518. The third-order valence-corrected chi connectivity index (χ3v) is 4.83. The number of ketones is 1. The maximum absolute atomic E-state index is 12.8. The average Bonchev–Trinajstić information content (AvgIpc) is 2.76. The Kier molecular flexibility index (Phi) is 7.56. The maximum atomic E-state index is 12.8. The van der Waals surface area contributed by atoms with Gasteiger partial charge in [0.15, 0.2) is 5.78 Å². The lowest BCUT2D eigenvalue weighted by atomic mass is 10.0. The summed E-state index contributed by atoms with van der Waals surface area (Å²) in [6, 6.07) is 25.6. The van der Waals surface area contributed by atoms with E-state index in [2.05, 4.69) is 10.6 Å². The molecule has 0 saturated carbocycles. The summed E-state index contributed by atoms with van der Waals surface area (Å²) in [4.78, 5) is 25.5. The van der Waals surface area contributed by atoms with Crippen LogP contribution in [-0.4, -0.2) is 17.7 Å². The summed E-state index contributed by atoms with van der Waals surface area (Å²) in [5.41, 5.74) is 2.59. The van der Waals surface area contributed by atoms with Gasteiger partial charge >= 0.3 is 0 Å². The number of carbonyl (C=O) groups excluding carboxylic acids is 2. The number of nitrogens with one attached hydrogen (secondary N) is 2. The van der Waals surface area contributed by atoms with Gasteiger partial charge in [0.05, 0.1) is 6.04 Å². The number of hydrogen-bond acceptors (Lipinski definition) is 3. The van der Waals surface area contributed by atoms with Crippen LogP contribution in [0.15, 0.2) is 84.9 Å². The molecule has 5 heteroatoms. The molecule has 3 aromatic carbocycles. The van der Waals surface area contributed by atoms with E-state index in [1.54, 1.807) is 24.3 Å². The molecule has 1 atom stereocenters. The van der Waals surface area contributed by atoms with Gasteiger partial charge in [-0.2, -0.15) is 0 Å². The van der Waals surface area contributed by atoms with Crippen LogP contribution in [0.4, 0.5) is 0 Å². The van der Waals surface area contributed by atoms with Crippen LogP contribution in [0, 0.1) is 0 Å². The summed E-state index contributed by atoms with van der Waals surface area (Å²) in [5.74, 6) is -0.311. The largest absolute Gasteiger partial charge is 0.351 e. The fraction of sp³-hybridized carbons (Fsp3) is 0.167. The van der Waals surface area contributed by atoms with Crippen molar-refractivity contribution in [3.8, 4) is 0 Å². The summed E-state index contributed by atoms with van der Waals surface area (Å²) in [6.45, 7) is 0.913. The molecular weight excluding hydrogens is 384 g/mol. The predicted octanol–water partition coefficient (Wildman–Crippen LogP) is 4.39. The van der Waals surface area contributed by atoms with Gasteiger partial charge in [0, 0.05) is 30.1 Å². The molecule has 29 heavy (non-hydrogen) atoms. The van der Waals surface area contributed by atoms with Crippen molar-refractivity contribution in [1.82, 2.24) is 10.6 Å². The fourth-order valence-electron chi connectivity index (χ4n) is 2.94. The van der Waals surface area contributed by atoms with E-state index in [0.29, 0.717) is 23.7 Å². The van der Waals surface area contributed by atoms with Crippen molar-refractivity contribution in [2.45, 2.75) is 25.6 Å². The van der Waals surface area contributed by atoms with Crippen molar-refractivity contribution >= 4 is 23.3 Å². The minimum Gasteiger partial charge on any atom is -0.351 e. The van der Waals surface area contributed by atoms with Gasteiger partial charge in [0.25, 0.3) is 0 Å². The van der Waals surface area contributed by atoms with E-state index < -0.39 is 6.04 Å². The summed E-state index contributed by atoms with van der Waals surface area (Å²) in [5, 5.41) is 6.72. The number of Topliss-reactive ketones (excluding diaryl/α,β-unsaturated/α-hetero) is 1. The summed E-state index contributed by atoms with van der Waals surface area (Å²) >= 11 is 5.90. The standard InChI is InChI=1S/C24H23ClN2O2/c25-21-13-11-20(12-14-21)23(28)15-22(26-16-18-7-3-1-4-8-18)24(29)27-17-19-9-5-2-6-10-19/h1-14,22,26H,15-17H2,(H,27,29). The Balaban J connectivity index is 1.66. The molecule has 0 bridgehead atoms. The number of benzene rings is 3. The number of halogens is 1. The summed E-state index contributed by atoms with van der Waals surface area (Å²) < 4.78 is 0. The molecule has 1 unspecified atom stereocenters. The van der Waals surface area contributed by atoms with Gasteiger partial charge in [-0.1, -0.05) is 72.3 Å². The Morgan fingerprint density at radius 3 is 1.90 bits per heavy atom. The van der Waals surface area contributed by atoms with E-state index in [1.165, 1.54) is 0 Å². The van der Waals surface area contributed by atoms with Crippen molar-refractivity contribution in [1.29, 1.82) is 0 Å². The summed E-state index contributed by atoms with van der Waals surface area (Å²) in [6.07, 6.45) is 0.0646. The minimum atomic E-state index is -0.637. The molecule has 0 aliphatic rings. The molecular formula is C24H23ClN2O2. The highest BCUT2D eigenvalue weighted by Gasteiger charge is 2.22. The first-order valence-electron chi connectivity index (χ1n) is 9.49. The van der Waals surface area contributed by atoms with Gasteiger partial charge in [-0.15, -0.1) is 0 Å². The molecule has 0 spiro atoms. The lowest BCUT2D eigenvalue weighted by Gasteiger charge is -2.18. The SMILES string of the molecule is O=C(CC(NCc1ccccc1)C(=O)NCc1ccccc1)c1ccc(Cl)cc1. The van der Waals surface area contributed by atoms with E-state index in [0.717, 1.165) is 11.1 Å². The molecule has 0 aliphatic heterocycles. The second-order valence-corrected chi connectivity index (χ2v) is 7.19. The molecule has 3 rings (SSSR count). The highest BCUT2D eigenvalue weighted by molar-refractivity contribution is 6.30. The van der Waals surface area contributed by atoms with Gasteiger partial charge in [-0.25, -0.2) is 0 Å². The Labute approximate surface area is 175 Å². The molecule has 0 heterocycles. The Bertz CT molecular complexity index is 928. The zero-order valence-corrected chi connectivity index (χ0v) is 16.7. The molecule has 3 aromatic rings. The van der Waals surface area contributed by atoms with Crippen LogP contribution < -0.4 is 10.6 Å². The smallest absolute Gasteiger partial charge is 0.237 e. The second kappa shape index (κ2) is 10.6. The fourth-order valence-corrected chi connectivity index (χ4v) is 3.07. The highest BCUT2D eigenvalue weighted by Crippen LogP contribution is 2.13. The topological polar surface area (TPSA) is 58.2 Å². The molecule has 4 nitrogen and oxygen atoms in total. The van der Waals surface area contributed by atoms with Crippen LogP contribution >= 0.6 is 11.6 Å². The molecule has 0 radical (unpaired) electrons. The van der Waals surface area contributed by atoms with Gasteiger partial charge in [0.2, 0.25) is 5.91 Å². The Morgan fingerprint density at radius 1 is 0.759 bits per heavy atom. The van der Waals surface area contributed by atoms with Gasteiger partial charge in [-0.05, 0) is 35.4 Å². The maximum Gasteiger partial charge on any atom is 0.237 e. The first kappa shape index (κ1) is 20.8. The van der Waals surface area contributed by atoms with Gasteiger partial charge < -0.3 is 10.6 Å². The Morgan fingerprint density at radius 2 is 1.31 bits per heavy atom.